The molecular weight excluding hydrogens is 384 g/mol. The zero-order valence-electron chi connectivity index (χ0n) is 15.9. The number of amides is 1. The highest BCUT2D eigenvalue weighted by atomic mass is 32.2. The van der Waals surface area contributed by atoms with Crippen LogP contribution in [0.1, 0.15) is 33.8 Å². The summed E-state index contributed by atoms with van der Waals surface area (Å²) in [5, 5.41) is 3.34. The van der Waals surface area contributed by atoms with Crippen LogP contribution < -0.4 is 10.2 Å². The maximum Gasteiger partial charge on any atom is 0.259 e. The van der Waals surface area contributed by atoms with E-state index in [0.29, 0.717) is 10.7 Å². The van der Waals surface area contributed by atoms with Gasteiger partial charge in [0, 0.05) is 37.7 Å². The van der Waals surface area contributed by atoms with Crippen molar-refractivity contribution in [2.24, 2.45) is 0 Å². The topological polar surface area (TPSA) is 82.6 Å². The van der Waals surface area contributed by atoms with Gasteiger partial charge in [0.25, 0.3) is 5.91 Å². The smallest absolute Gasteiger partial charge is 0.259 e. The van der Waals surface area contributed by atoms with Crippen LogP contribution in [0.2, 0.25) is 0 Å². The molecule has 9 heteroatoms. The highest BCUT2D eigenvalue weighted by Crippen LogP contribution is 2.29. The van der Waals surface area contributed by atoms with Gasteiger partial charge in [0.05, 0.1) is 16.2 Å². The van der Waals surface area contributed by atoms with Gasteiger partial charge in [-0.3, -0.25) is 10.1 Å². The van der Waals surface area contributed by atoms with E-state index < -0.39 is 10.0 Å². The van der Waals surface area contributed by atoms with E-state index in [2.05, 4.69) is 15.2 Å². The van der Waals surface area contributed by atoms with Crippen LogP contribution in [0.5, 0.6) is 0 Å². The van der Waals surface area contributed by atoms with Crippen LogP contribution in [0, 0.1) is 13.8 Å². The third-order valence-electron chi connectivity index (χ3n) is 4.69. The SMILES string of the molecule is Cc1nc(NC(=O)c2cc(S(=O)(=O)N(C)C)ccc2N2CCCC2)sc1C. The molecule has 2 heterocycles. The minimum atomic E-state index is -3.63. The number of hydrogen-bond acceptors (Lipinski definition) is 6. The Hall–Kier alpha value is -1.97. The fourth-order valence-corrected chi connectivity index (χ4v) is 4.73. The van der Waals surface area contributed by atoms with Crippen LogP contribution in [-0.2, 0) is 10.0 Å². The van der Waals surface area contributed by atoms with Crippen molar-refractivity contribution < 1.29 is 13.2 Å². The van der Waals surface area contributed by atoms with Crippen LogP contribution in [0.15, 0.2) is 23.1 Å². The summed E-state index contributed by atoms with van der Waals surface area (Å²) < 4.78 is 26.2. The monoisotopic (exact) mass is 408 g/mol. The molecule has 0 bridgehead atoms. The quantitative estimate of drug-likeness (QED) is 0.823. The first kappa shape index (κ1) is 19.8. The predicted octanol–water partition coefficient (Wildman–Crippen LogP) is 2.86. The van der Waals surface area contributed by atoms with Gasteiger partial charge in [-0.1, -0.05) is 0 Å². The number of rotatable bonds is 5. The van der Waals surface area contributed by atoms with Crippen LogP contribution in [0.4, 0.5) is 10.8 Å². The number of aryl methyl sites for hydroxylation is 2. The lowest BCUT2D eigenvalue weighted by Gasteiger charge is -2.22. The summed E-state index contributed by atoms with van der Waals surface area (Å²) in [6.45, 7) is 5.55. The van der Waals surface area contributed by atoms with Gasteiger partial charge in [-0.05, 0) is 44.9 Å². The second-order valence-corrected chi connectivity index (χ2v) is 10.1. The molecule has 2 aromatic rings. The molecule has 3 rings (SSSR count). The zero-order chi connectivity index (χ0) is 19.8. The third-order valence-corrected chi connectivity index (χ3v) is 7.49. The van der Waals surface area contributed by atoms with E-state index in [4.69, 9.17) is 0 Å². The van der Waals surface area contributed by atoms with Crippen molar-refractivity contribution in [3.8, 4) is 0 Å². The maximum absolute atomic E-state index is 13.0. The Labute approximate surface area is 164 Å². The molecule has 1 aliphatic heterocycles. The van der Waals surface area contributed by atoms with E-state index in [-0.39, 0.29) is 10.8 Å². The lowest BCUT2D eigenvalue weighted by atomic mass is 10.1. The number of benzene rings is 1. The van der Waals surface area contributed by atoms with Gasteiger partial charge in [0.1, 0.15) is 0 Å². The van der Waals surface area contributed by atoms with Gasteiger partial charge in [-0.15, -0.1) is 11.3 Å². The molecule has 1 aromatic heterocycles. The van der Waals surface area contributed by atoms with E-state index in [1.54, 1.807) is 12.1 Å². The molecular formula is C18H24N4O3S2. The van der Waals surface area contributed by atoms with Gasteiger partial charge in [0.2, 0.25) is 10.0 Å². The molecule has 0 saturated carbocycles. The van der Waals surface area contributed by atoms with E-state index in [1.807, 2.05) is 13.8 Å². The summed E-state index contributed by atoms with van der Waals surface area (Å²) in [7, 11) is -0.673. The lowest BCUT2D eigenvalue weighted by Crippen LogP contribution is -2.25. The van der Waals surface area contributed by atoms with Crippen LogP contribution in [0.25, 0.3) is 0 Å². The number of nitrogens with zero attached hydrogens (tertiary/aromatic N) is 3. The average molecular weight is 409 g/mol. The first-order chi connectivity index (χ1) is 12.7. The number of aromatic nitrogens is 1. The molecule has 1 amide bonds. The molecule has 7 nitrogen and oxygen atoms in total. The van der Waals surface area contributed by atoms with E-state index >= 15 is 0 Å². The molecule has 0 spiro atoms. The molecule has 1 N–H and O–H groups in total. The largest absolute Gasteiger partial charge is 0.371 e. The Kier molecular flexibility index (Phi) is 5.55. The molecule has 27 heavy (non-hydrogen) atoms. The molecule has 1 saturated heterocycles. The highest BCUT2D eigenvalue weighted by molar-refractivity contribution is 7.89. The van der Waals surface area contributed by atoms with Gasteiger partial charge >= 0.3 is 0 Å². The first-order valence-corrected chi connectivity index (χ1v) is 11.0. The van der Waals surface area contributed by atoms with Crippen LogP contribution in [0.3, 0.4) is 0 Å². The Morgan fingerprint density at radius 3 is 2.44 bits per heavy atom. The van der Waals surface area contributed by atoms with E-state index in [1.165, 1.54) is 31.5 Å². The van der Waals surface area contributed by atoms with Crippen molar-refractivity contribution in [2.45, 2.75) is 31.6 Å². The minimum absolute atomic E-state index is 0.104. The highest BCUT2D eigenvalue weighted by Gasteiger charge is 2.25. The summed E-state index contributed by atoms with van der Waals surface area (Å²) in [6, 6.07) is 4.76. The summed E-state index contributed by atoms with van der Waals surface area (Å²) in [5.41, 5.74) is 1.98. The lowest BCUT2D eigenvalue weighted by molar-refractivity contribution is 0.102. The fourth-order valence-electron chi connectivity index (χ4n) is 2.99. The van der Waals surface area contributed by atoms with Crippen LogP contribution >= 0.6 is 11.3 Å². The molecule has 0 radical (unpaired) electrons. The van der Waals surface area contributed by atoms with E-state index in [0.717, 1.165) is 46.5 Å². The Morgan fingerprint density at radius 1 is 1.22 bits per heavy atom. The van der Waals surface area contributed by atoms with Gasteiger partial charge in [-0.2, -0.15) is 0 Å². The third kappa shape index (κ3) is 3.99. The second kappa shape index (κ2) is 7.57. The van der Waals surface area contributed by atoms with Crippen molar-refractivity contribution in [1.29, 1.82) is 0 Å². The molecule has 146 valence electrons. The number of carbonyl (C=O) groups is 1. The molecule has 1 fully saturated rings. The number of thiazole rings is 1. The molecule has 1 aromatic carbocycles. The number of sulfonamides is 1. The Morgan fingerprint density at radius 2 is 1.89 bits per heavy atom. The normalized spacial score (nSPS) is 14.8. The van der Waals surface area contributed by atoms with Gasteiger partial charge in [0.15, 0.2) is 5.13 Å². The summed E-state index contributed by atoms with van der Waals surface area (Å²) >= 11 is 1.41. The average Bonchev–Trinajstić information content (AvgIpc) is 3.24. The van der Waals surface area contributed by atoms with E-state index in [9.17, 15) is 13.2 Å². The second-order valence-electron chi connectivity index (χ2n) is 6.78. The van der Waals surface area contributed by atoms with Crippen LogP contribution in [-0.4, -0.2) is 50.8 Å². The number of hydrogen-bond donors (Lipinski definition) is 1. The van der Waals surface area contributed by atoms with Crippen molar-refractivity contribution in [3.63, 3.8) is 0 Å². The van der Waals surface area contributed by atoms with Crippen molar-refractivity contribution >= 4 is 38.1 Å². The Balaban J connectivity index is 2.02. The predicted molar refractivity (Wildman–Crippen MR) is 108 cm³/mol. The fraction of sp³-hybridized carbons (Fsp3) is 0.444. The molecule has 1 aliphatic rings. The van der Waals surface area contributed by atoms with Crippen molar-refractivity contribution in [2.75, 3.05) is 37.4 Å². The molecule has 0 atom stereocenters. The number of nitrogens with one attached hydrogen (secondary N) is 1. The standard InChI is InChI=1S/C18H24N4O3S2/c1-12-13(2)26-18(19-12)20-17(23)15-11-14(27(24,25)21(3)4)7-8-16(15)22-9-5-6-10-22/h7-8,11H,5-6,9-10H2,1-4H3,(H,19,20,23). The summed E-state index contributed by atoms with van der Waals surface area (Å²) in [4.78, 5) is 20.6. The Bertz CT molecular complexity index is 941. The summed E-state index contributed by atoms with van der Waals surface area (Å²) in [5.74, 6) is -0.346. The minimum Gasteiger partial charge on any atom is -0.371 e. The zero-order valence-corrected chi connectivity index (χ0v) is 17.6. The number of anilines is 2. The maximum atomic E-state index is 13.0. The first-order valence-electron chi connectivity index (χ1n) is 8.77. The summed E-state index contributed by atoms with van der Waals surface area (Å²) in [6.07, 6.45) is 2.12. The number of carbonyl (C=O) groups excluding carboxylic acids is 1. The molecule has 0 aliphatic carbocycles. The van der Waals surface area contributed by atoms with Gasteiger partial charge in [-0.25, -0.2) is 17.7 Å². The van der Waals surface area contributed by atoms with Gasteiger partial charge < -0.3 is 4.90 Å². The van der Waals surface area contributed by atoms with Crippen molar-refractivity contribution in [1.82, 2.24) is 9.29 Å². The van der Waals surface area contributed by atoms with Crippen molar-refractivity contribution in [3.05, 3.63) is 34.3 Å². The molecule has 0 unspecified atom stereocenters.